The van der Waals surface area contributed by atoms with E-state index in [1.54, 1.807) is 0 Å². The quantitative estimate of drug-likeness (QED) is 0.369. The van der Waals surface area contributed by atoms with Crippen LogP contribution in [0.5, 0.6) is 0 Å². The molecule has 1 heterocycles. The van der Waals surface area contributed by atoms with Crippen LogP contribution < -0.4 is 0 Å². The van der Waals surface area contributed by atoms with E-state index in [9.17, 15) is 0 Å². The van der Waals surface area contributed by atoms with Gasteiger partial charge in [-0.15, -0.1) is 0 Å². The summed E-state index contributed by atoms with van der Waals surface area (Å²) in [6, 6.07) is 0. The molecule has 0 aromatic heterocycles. The van der Waals surface area contributed by atoms with Crippen LogP contribution >= 0.6 is 0 Å². The predicted octanol–water partition coefficient (Wildman–Crippen LogP) is -1.23. The van der Waals surface area contributed by atoms with Crippen molar-refractivity contribution in [2.75, 3.05) is 41.1 Å². The molecular formula is C6H18B2N2+2. The standard InChI is InChI=1S/C6H18B2N2/c1-9(2)5-8-10(3,4)6-7-9/h7-8H,5-6H2,1-4H3/q+2. The predicted molar refractivity (Wildman–Crippen MR) is 48.2 cm³/mol. The first kappa shape index (κ1) is 8.15. The fraction of sp³-hybridized carbons (Fsp3) is 1.00. The number of nitrogens with zero attached hydrogens (tertiary/aromatic N) is 2. The number of quaternary nitrogens is 2. The summed E-state index contributed by atoms with van der Waals surface area (Å²) in [5, 5.41) is 0. The van der Waals surface area contributed by atoms with E-state index >= 15 is 0 Å². The Bertz CT molecular complexity index is 106. The van der Waals surface area contributed by atoms with E-state index in [4.69, 9.17) is 0 Å². The van der Waals surface area contributed by atoms with Gasteiger partial charge in [-0.2, -0.15) is 0 Å². The molecular weight excluding hydrogens is 122 g/mol. The molecule has 0 aromatic rings. The van der Waals surface area contributed by atoms with Crippen LogP contribution in [0.3, 0.4) is 0 Å². The SMILES string of the molecule is C[N+]1(C)BC[N+](C)(C)BC1. The zero-order chi connectivity index (χ0) is 7.83. The monoisotopic (exact) mass is 140 g/mol. The number of hydrogen-bond donors (Lipinski definition) is 0. The largest absolute Gasteiger partial charge is 0.444 e. The van der Waals surface area contributed by atoms with Crippen LogP contribution in [0.4, 0.5) is 0 Å². The lowest BCUT2D eigenvalue weighted by molar-refractivity contribution is -0.834. The maximum atomic E-state index is 2.32. The van der Waals surface area contributed by atoms with Gasteiger partial charge < -0.3 is 8.79 Å². The van der Waals surface area contributed by atoms with Crippen LogP contribution in [-0.2, 0) is 0 Å². The van der Waals surface area contributed by atoms with Crippen molar-refractivity contribution in [2.45, 2.75) is 0 Å². The van der Waals surface area contributed by atoms with Gasteiger partial charge in [-0.3, -0.25) is 0 Å². The van der Waals surface area contributed by atoms with E-state index < -0.39 is 0 Å². The Balaban J connectivity index is 2.46. The van der Waals surface area contributed by atoms with Crippen LogP contribution in [-0.4, -0.2) is 64.7 Å². The molecule has 0 aromatic carbocycles. The summed E-state index contributed by atoms with van der Waals surface area (Å²) in [5.74, 6) is 0. The highest BCUT2D eigenvalue weighted by molar-refractivity contribution is 6.35. The Morgan fingerprint density at radius 2 is 1.10 bits per heavy atom. The van der Waals surface area contributed by atoms with E-state index in [0.717, 1.165) is 0 Å². The Kier molecular flexibility index (Phi) is 1.86. The minimum Gasteiger partial charge on any atom is -0.399 e. The van der Waals surface area contributed by atoms with Gasteiger partial charge in [-0.05, 0) is 0 Å². The molecule has 0 aliphatic carbocycles. The average Bonchev–Trinajstić information content (AvgIpc) is 1.79. The molecule has 56 valence electrons. The lowest BCUT2D eigenvalue weighted by Gasteiger charge is -2.41. The van der Waals surface area contributed by atoms with Gasteiger partial charge in [0, 0.05) is 28.2 Å². The molecule has 1 saturated heterocycles. The molecule has 0 radical (unpaired) electrons. The van der Waals surface area contributed by atoms with Crippen molar-refractivity contribution in [1.82, 2.24) is 0 Å². The zero-order valence-electron chi connectivity index (χ0n) is 7.72. The molecule has 0 unspecified atom stereocenters. The van der Waals surface area contributed by atoms with Crippen molar-refractivity contribution < 1.29 is 8.79 Å². The average molecular weight is 140 g/mol. The Morgan fingerprint density at radius 3 is 1.30 bits per heavy atom. The summed E-state index contributed by atoms with van der Waals surface area (Å²) in [5.41, 5.74) is 0. The van der Waals surface area contributed by atoms with Gasteiger partial charge in [0.2, 0.25) is 0 Å². The van der Waals surface area contributed by atoms with E-state index in [0.29, 0.717) is 0 Å². The van der Waals surface area contributed by atoms with Gasteiger partial charge in [0.15, 0.2) is 0 Å². The van der Waals surface area contributed by atoms with Crippen LogP contribution in [0.15, 0.2) is 0 Å². The van der Waals surface area contributed by atoms with Crippen molar-refractivity contribution in [3.8, 4) is 0 Å². The van der Waals surface area contributed by atoms with Gasteiger partial charge in [0.25, 0.3) is 0 Å². The first-order chi connectivity index (χ1) is 4.41. The zero-order valence-corrected chi connectivity index (χ0v) is 7.72. The molecule has 0 bridgehead atoms. The second kappa shape index (κ2) is 2.28. The smallest absolute Gasteiger partial charge is 0.399 e. The third-order valence-corrected chi connectivity index (χ3v) is 2.62. The van der Waals surface area contributed by atoms with E-state index in [2.05, 4.69) is 28.2 Å². The summed E-state index contributed by atoms with van der Waals surface area (Å²) in [7, 11) is 11.9. The third-order valence-electron chi connectivity index (χ3n) is 2.62. The highest BCUT2D eigenvalue weighted by Crippen LogP contribution is 2.05. The molecule has 0 N–H and O–H groups in total. The highest BCUT2D eigenvalue weighted by atomic mass is 15.3. The number of rotatable bonds is 0. The van der Waals surface area contributed by atoms with Crippen LogP contribution in [0, 0.1) is 0 Å². The first-order valence-corrected chi connectivity index (χ1v) is 4.05. The highest BCUT2D eigenvalue weighted by Gasteiger charge is 2.35. The van der Waals surface area contributed by atoms with Crippen LogP contribution in [0.1, 0.15) is 0 Å². The van der Waals surface area contributed by atoms with Gasteiger partial charge >= 0.3 is 14.8 Å². The van der Waals surface area contributed by atoms with E-state index in [1.807, 2.05) is 0 Å². The van der Waals surface area contributed by atoms with E-state index in [-0.39, 0.29) is 0 Å². The summed E-state index contributed by atoms with van der Waals surface area (Å²) in [6.07, 6.45) is 2.65. The fourth-order valence-corrected chi connectivity index (χ4v) is 1.31. The van der Waals surface area contributed by atoms with Gasteiger partial charge in [0.1, 0.15) is 0 Å². The Labute approximate surface area is 65.5 Å². The molecule has 1 aliphatic rings. The molecule has 0 saturated carbocycles. The second-order valence-electron chi connectivity index (χ2n) is 4.77. The molecule has 0 amide bonds. The Morgan fingerprint density at radius 1 is 0.800 bits per heavy atom. The summed E-state index contributed by atoms with van der Waals surface area (Å²) >= 11 is 0. The van der Waals surface area contributed by atoms with Gasteiger partial charge in [0.05, 0.1) is 12.9 Å². The maximum Gasteiger partial charge on any atom is 0.444 e. The molecule has 4 heteroatoms. The second-order valence-corrected chi connectivity index (χ2v) is 4.77. The van der Waals surface area contributed by atoms with Crippen LogP contribution in [0.2, 0.25) is 0 Å². The summed E-state index contributed by atoms with van der Waals surface area (Å²) < 4.78 is 2.42. The van der Waals surface area contributed by atoms with Gasteiger partial charge in [-0.1, -0.05) is 0 Å². The molecule has 1 fully saturated rings. The van der Waals surface area contributed by atoms with Crippen LogP contribution in [0.25, 0.3) is 0 Å². The number of hydrogen-bond acceptors (Lipinski definition) is 0. The molecule has 10 heavy (non-hydrogen) atoms. The van der Waals surface area contributed by atoms with Crippen molar-refractivity contribution in [2.24, 2.45) is 0 Å². The molecule has 1 rings (SSSR count). The normalized spacial score (nSPS) is 28.4. The minimum atomic E-state index is 1.21. The molecule has 2 nitrogen and oxygen atoms in total. The Hall–Kier alpha value is 0.0499. The summed E-state index contributed by atoms with van der Waals surface area (Å²) in [6.45, 7) is 0. The fourth-order valence-electron chi connectivity index (χ4n) is 1.31. The molecule has 0 atom stereocenters. The van der Waals surface area contributed by atoms with Crippen molar-refractivity contribution >= 4 is 14.8 Å². The molecule has 0 spiro atoms. The first-order valence-electron chi connectivity index (χ1n) is 4.05. The lowest BCUT2D eigenvalue weighted by Crippen LogP contribution is -2.64. The van der Waals surface area contributed by atoms with Crippen molar-refractivity contribution in [1.29, 1.82) is 0 Å². The minimum absolute atomic E-state index is 1.21. The van der Waals surface area contributed by atoms with Crippen molar-refractivity contribution in [3.63, 3.8) is 0 Å². The third kappa shape index (κ3) is 2.03. The lowest BCUT2D eigenvalue weighted by atomic mass is 9.70. The van der Waals surface area contributed by atoms with Gasteiger partial charge in [-0.25, -0.2) is 0 Å². The topological polar surface area (TPSA) is 0 Å². The van der Waals surface area contributed by atoms with E-state index in [1.165, 1.54) is 36.5 Å². The molecule has 1 aliphatic heterocycles. The summed E-state index contributed by atoms with van der Waals surface area (Å²) in [4.78, 5) is 0. The van der Waals surface area contributed by atoms with Crippen molar-refractivity contribution in [3.05, 3.63) is 0 Å². The maximum absolute atomic E-state index is 2.32.